The van der Waals surface area contributed by atoms with Crippen molar-refractivity contribution in [3.8, 4) is 5.75 Å². The molecular formula is C11H12BrCl2FO3S. The first kappa shape index (κ1) is 17.0. The van der Waals surface area contributed by atoms with E-state index in [1.807, 2.05) is 0 Å². The van der Waals surface area contributed by atoms with Crippen LogP contribution in [0.2, 0.25) is 5.02 Å². The third kappa shape index (κ3) is 6.79. The van der Waals surface area contributed by atoms with Gasteiger partial charge >= 0.3 is 0 Å². The number of rotatable bonds is 7. The van der Waals surface area contributed by atoms with E-state index in [-0.39, 0.29) is 16.0 Å². The highest BCUT2D eigenvalue weighted by molar-refractivity contribution is 9.10. The van der Waals surface area contributed by atoms with Gasteiger partial charge in [0.25, 0.3) is 0 Å². The lowest BCUT2D eigenvalue weighted by Crippen LogP contribution is -2.01. The van der Waals surface area contributed by atoms with Crippen molar-refractivity contribution in [2.75, 3.05) is 12.4 Å². The van der Waals surface area contributed by atoms with Crippen molar-refractivity contribution in [3.05, 3.63) is 27.4 Å². The standard InChI is InChI=1S/C11H12BrCl2FO3S/c12-8-6-9(13)11(7-10(8)15)18-4-2-1-3-5-19(14,16)17/h6-7H,1-5H2. The first-order chi connectivity index (χ1) is 8.79. The molecule has 1 rings (SSSR count). The minimum absolute atomic E-state index is 0.0533. The molecule has 0 heterocycles. The molecule has 0 aliphatic heterocycles. The summed E-state index contributed by atoms with van der Waals surface area (Å²) in [6.45, 7) is 0.336. The molecule has 0 fully saturated rings. The highest BCUT2D eigenvalue weighted by atomic mass is 79.9. The maximum Gasteiger partial charge on any atom is 0.232 e. The van der Waals surface area contributed by atoms with E-state index in [0.29, 0.717) is 30.9 Å². The molecule has 0 aliphatic carbocycles. The molecule has 1 aromatic rings. The minimum atomic E-state index is -3.43. The Bertz CT molecular complexity index is 537. The number of hydrogen-bond donors (Lipinski definition) is 0. The first-order valence-electron chi connectivity index (χ1n) is 5.49. The third-order valence-corrected chi connectivity index (χ3v) is 4.41. The molecule has 8 heteroatoms. The zero-order valence-corrected chi connectivity index (χ0v) is 13.7. The van der Waals surface area contributed by atoms with E-state index in [1.54, 1.807) is 0 Å². The molecule has 0 aliphatic rings. The van der Waals surface area contributed by atoms with Crippen LogP contribution >= 0.6 is 38.2 Å². The van der Waals surface area contributed by atoms with E-state index in [9.17, 15) is 12.8 Å². The molecule has 0 saturated carbocycles. The van der Waals surface area contributed by atoms with Gasteiger partial charge in [-0.15, -0.1) is 0 Å². The average molecular weight is 394 g/mol. The van der Waals surface area contributed by atoms with Crippen molar-refractivity contribution in [1.29, 1.82) is 0 Å². The molecule has 108 valence electrons. The number of unbranched alkanes of at least 4 members (excludes halogenated alkanes) is 2. The lowest BCUT2D eigenvalue weighted by molar-refractivity contribution is 0.305. The summed E-state index contributed by atoms with van der Waals surface area (Å²) in [5.41, 5.74) is 0. The molecule has 1 aromatic carbocycles. The maximum atomic E-state index is 13.3. The highest BCUT2D eigenvalue weighted by Gasteiger charge is 2.08. The Balaban J connectivity index is 2.32. The molecular weight excluding hydrogens is 382 g/mol. The fourth-order valence-corrected chi connectivity index (χ4v) is 2.92. The van der Waals surface area contributed by atoms with E-state index in [4.69, 9.17) is 27.0 Å². The summed E-state index contributed by atoms with van der Waals surface area (Å²) >= 11 is 8.90. The Hall–Kier alpha value is -0.0400. The van der Waals surface area contributed by atoms with Crippen molar-refractivity contribution in [2.24, 2.45) is 0 Å². The van der Waals surface area contributed by atoms with Crippen molar-refractivity contribution in [3.63, 3.8) is 0 Å². The smallest absolute Gasteiger partial charge is 0.232 e. The Labute approximate surface area is 129 Å². The predicted molar refractivity (Wildman–Crippen MR) is 78.1 cm³/mol. The molecule has 0 N–H and O–H groups in total. The van der Waals surface area contributed by atoms with Crippen LogP contribution in [0.25, 0.3) is 0 Å². The molecule has 19 heavy (non-hydrogen) atoms. The number of hydrogen-bond acceptors (Lipinski definition) is 3. The Morgan fingerprint density at radius 2 is 1.95 bits per heavy atom. The van der Waals surface area contributed by atoms with E-state index in [1.165, 1.54) is 12.1 Å². The van der Waals surface area contributed by atoms with Gasteiger partial charge in [0.15, 0.2) is 0 Å². The summed E-state index contributed by atoms with van der Waals surface area (Å²) in [6.07, 6.45) is 1.76. The van der Waals surface area contributed by atoms with Crippen LogP contribution in [-0.2, 0) is 9.05 Å². The Morgan fingerprint density at radius 1 is 1.26 bits per heavy atom. The third-order valence-electron chi connectivity index (χ3n) is 2.26. The fraction of sp³-hybridized carbons (Fsp3) is 0.455. The van der Waals surface area contributed by atoms with Crippen molar-refractivity contribution >= 4 is 47.3 Å². The van der Waals surface area contributed by atoms with Gasteiger partial charge in [-0.2, -0.15) is 0 Å². The number of benzene rings is 1. The van der Waals surface area contributed by atoms with Gasteiger partial charge < -0.3 is 4.74 Å². The van der Waals surface area contributed by atoms with Gasteiger partial charge in [-0.3, -0.25) is 0 Å². The normalized spacial score (nSPS) is 11.6. The van der Waals surface area contributed by atoms with Crippen LogP contribution in [0, 0.1) is 5.82 Å². The second-order valence-electron chi connectivity index (χ2n) is 3.85. The zero-order chi connectivity index (χ0) is 14.5. The summed E-state index contributed by atoms with van der Waals surface area (Å²) in [5, 5.41) is 0.316. The van der Waals surface area contributed by atoms with Crippen LogP contribution in [0.1, 0.15) is 19.3 Å². The molecule has 0 spiro atoms. The van der Waals surface area contributed by atoms with Crippen molar-refractivity contribution in [2.45, 2.75) is 19.3 Å². The second kappa shape index (κ2) is 7.67. The molecule has 0 saturated heterocycles. The molecule has 0 atom stereocenters. The van der Waals surface area contributed by atoms with Crippen LogP contribution in [-0.4, -0.2) is 20.8 Å². The van der Waals surface area contributed by atoms with Crippen molar-refractivity contribution in [1.82, 2.24) is 0 Å². The summed E-state index contributed by atoms with van der Waals surface area (Å²) in [5.74, 6) is -0.234. The fourth-order valence-electron chi connectivity index (χ4n) is 1.35. The summed E-state index contributed by atoms with van der Waals surface area (Å²) in [6, 6.07) is 2.63. The maximum absolute atomic E-state index is 13.3. The molecule has 0 aromatic heterocycles. The van der Waals surface area contributed by atoms with Gasteiger partial charge in [0.2, 0.25) is 9.05 Å². The predicted octanol–water partition coefficient (Wildman–Crippen LogP) is 4.36. The molecule has 0 amide bonds. The van der Waals surface area contributed by atoms with E-state index in [2.05, 4.69) is 15.9 Å². The van der Waals surface area contributed by atoms with Gasteiger partial charge in [0.05, 0.1) is 21.9 Å². The summed E-state index contributed by atoms with van der Waals surface area (Å²) in [4.78, 5) is 0. The zero-order valence-electron chi connectivity index (χ0n) is 9.84. The van der Waals surface area contributed by atoms with Crippen LogP contribution in [0.15, 0.2) is 16.6 Å². The van der Waals surface area contributed by atoms with Gasteiger partial charge in [-0.25, -0.2) is 12.8 Å². The Morgan fingerprint density at radius 3 is 2.58 bits per heavy atom. The molecule has 0 unspecified atom stereocenters. The lowest BCUT2D eigenvalue weighted by atomic mass is 10.2. The topological polar surface area (TPSA) is 43.4 Å². The molecule has 3 nitrogen and oxygen atoms in total. The second-order valence-corrected chi connectivity index (χ2v) is 8.01. The number of halogens is 4. The van der Waals surface area contributed by atoms with Gasteiger partial charge in [-0.05, 0) is 41.3 Å². The quantitative estimate of drug-likeness (QED) is 0.392. The Kier molecular flexibility index (Phi) is 6.86. The SMILES string of the molecule is O=S(=O)(Cl)CCCCCOc1cc(F)c(Br)cc1Cl. The monoisotopic (exact) mass is 392 g/mol. The van der Waals surface area contributed by atoms with Gasteiger partial charge in [0, 0.05) is 16.7 Å². The molecule has 0 bridgehead atoms. The van der Waals surface area contributed by atoms with Crippen LogP contribution in [0.4, 0.5) is 4.39 Å². The van der Waals surface area contributed by atoms with E-state index < -0.39 is 14.9 Å². The summed E-state index contributed by atoms with van der Waals surface area (Å²) in [7, 11) is 1.65. The highest BCUT2D eigenvalue weighted by Crippen LogP contribution is 2.30. The average Bonchev–Trinajstić information content (AvgIpc) is 2.28. The van der Waals surface area contributed by atoms with Crippen LogP contribution in [0.5, 0.6) is 5.75 Å². The van der Waals surface area contributed by atoms with Crippen LogP contribution < -0.4 is 4.74 Å². The molecule has 0 radical (unpaired) electrons. The minimum Gasteiger partial charge on any atom is -0.492 e. The lowest BCUT2D eigenvalue weighted by Gasteiger charge is -2.08. The van der Waals surface area contributed by atoms with Crippen LogP contribution in [0.3, 0.4) is 0 Å². The van der Waals surface area contributed by atoms with Gasteiger partial charge in [0.1, 0.15) is 11.6 Å². The number of ether oxygens (including phenoxy) is 1. The van der Waals surface area contributed by atoms with Crippen molar-refractivity contribution < 1.29 is 17.5 Å². The summed E-state index contributed by atoms with van der Waals surface area (Å²) < 4.78 is 40.2. The first-order valence-corrected chi connectivity index (χ1v) is 9.14. The largest absolute Gasteiger partial charge is 0.492 e. The van der Waals surface area contributed by atoms with E-state index in [0.717, 1.165) is 0 Å². The van der Waals surface area contributed by atoms with Gasteiger partial charge in [-0.1, -0.05) is 11.6 Å². The van der Waals surface area contributed by atoms with E-state index >= 15 is 0 Å².